The van der Waals surface area contributed by atoms with E-state index in [1.54, 1.807) is 0 Å². The van der Waals surface area contributed by atoms with Gasteiger partial charge in [-0.25, -0.2) is 0 Å². The van der Waals surface area contributed by atoms with Crippen molar-refractivity contribution < 1.29 is 9.59 Å². The molecule has 2 aliphatic heterocycles. The first-order valence-electron chi connectivity index (χ1n) is 7.62. The van der Waals surface area contributed by atoms with Crippen molar-refractivity contribution in [3.63, 3.8) is 0 Å². The number of benzene rings is 1. The van der Waals surface area contributed by atoms with Crippen LogP contribution in [0.4, 0.5) is 0 Å². The van der Waals surface area contributed by atoms with Gasteiger partial charge in [-0.1, -0.05) is 17.7 Å². The van der Waals surface area contributed by atoms with Crippen molar-refractivity contribution >= 4 is 11.8 Å². The second kappa shape index (κ2) is 5.17. The largest absolute Gasteiger partial charge is 0.356 e. The Bertz CT molecular complexity index is 586. The molecule has 0 aromatic heterocycles. The van der Waals surface area contributed by atoms with Crippen LogP contribution in [0.15, 0.2) is 18.2 Å². The first-order valence-corrected chi connectivity index (χ1v) is 7.62. The van der Waals surface area contributed by atoms with Crippen molar-refractivity contribution in [2.24, 2.45) is 5.41 Å². The van der Waals surface area contributed by atoms with Gasteiger partial charge < -0.3 is 10.2 Å². The van der Waals surface area contributed by atoms with E-state index in [0.717, 1.165) is 43.6 Å². The molecule has 2 saturated heterocycles. The number of likely N-dealkylation sites (tertiary alicyclic amines) is 1. The predicted molar refractivity (Wildman–Crippen MR) is 81.1 cm³/mol. The maximum atomic E-state index is 12.6. The predicted octanol–water partition coefficient (Wildman–Crippen LogP) is 2.05. The van der Waals surface area contributed by atoms with Gasteiger partial charge in [0.05, 0.1) is 0 Å². The van der Waals surface area contributed by atoms with Crippen molar-refractivity contribution in [1.82, 2.24) is 10.2 Å². The molecule has 4 nitrogen and oxygen atoms in total. The van der Waals surface area contributed by atoms with Crippen molar-refractivity contribution in [3.8, 4) is 0 Å². The third-order valence-corrected chi connectivity index (χ3v) is 4.92. The van der Waals surface area contributed by atoms with Gasteiger partial charge in [0.2, 0.25) is 5.91 Å². The Morgan fingerprint density at radius 3 is 2.52 bits per heavy atom. The highest BCUT2D eigenvalue weighted by atomic mass is 16.2. The van der Waals surface area contributed by atoms with Gasteiger partial charge in [-0.05, 0) is 43.7 Å². The average Bonchev–Trinajstić information content (AvgIpc) is 2.80. The van der Waals surface area contributed by atoms with E-state index < -0.39 is 0 Å². The number of amides is 2. The molecule has 2 heterocycles. The standard InChI is InChI=1S/C17H22N2O2/c1-12-3-4-14(13(2)9-12)16(21)19-7-5-17(6-8-19)10-15(20)18-11-17/h3-4,9H,5-8,10-11H2,1-2H3,(H,18,20). The molecule has 1 aromatic rings. The molecule has 0 saturated carbocycles. The van der Waals surface area contributed by atoms with Crippen LogP contribution in [0.25, 0.3) is 0 Å². The monoisotopic (exact) mass is 286 g/mol. The number of carbonyl (C=O) groups excluding carboxylic acids is 2. The molecule has 3 rings (SSSR count). The quantitative estimate of drug-likeness (QED) is 0.859. The zero-order valence-electron chi connectivity index (χ0n) is 12.7. The zero-order chi connectivity index (χ0) is 15.0. The second-order valence-electron chi connectivity index (χ2n) is 6.56. The smallest absolute Gasteiger partial charge is 0.254 e. The van der Waals surface area contributed by atoms with Gasteiger partial charge in [0, 0.05) is 31.6 Å². The molecule has 2 fully saturated rings. The van der Waals surface area contributed by atoms with E-state index in [9.17, 15) is 9.59 Å². The third-order valence-electron chi connectivity index (χ3n) is 4.92. The maximum Gasteiger partial charge on any atom is 0.254 e. The van der Waals surface area contributed by atoms with Crippen molar-refractivity contribution in [1.29, 1.82) is 0 Å². The molecule has 1 spiro atoms. The van der Waals surface area contributed by atoms with Gasteiger partial charge in [0.1, 0.15) is 0 Å². The summed E-state index contributed by atoms with van der Waals surface area (Å²) >= 11 is 0. The minimum atomic E-state index is 0.0934. The molecule has 1 aromatic carbocycles. The molecule has 0 bridgehead atoms. The van der Waals surface area contributed by atoms with Gasteiger partial charge in [-0.2, -0.15) is 0 Å². The lowest BCUT2D eigenvalue weighted by Gasteiger charge is -2.38. The number of piperidine rings is 1. The lowest BCUT2D eigenvalue weighted by molar-refractivity contribution is -0.119. The molecule has 0 atom stereocenters. The van der Waals surface area contributed by atoms with Crippen LogP contribution in [-0.2, 0) is 4.79 Å². The highest BCUT2D eigenvalue weighted by molar-refractivity contribution is 5.95. The number of nitrogens with zero attached hydrogens (tertiary/aromatic N) is 1. The summed E-state index contributed by atoms with van der Waals surface area (Å²) in [6.07, 6.45) is 2.46. The Kier molecular flexibility index (Phi) is 3.47. The Balaban J connectivity index is 1.69. The van der Waals surface area contributed by atoms with Gasteiger partial charge >= 0.3 is 0 Å². The van der Waals surface area contributed by atoms with Crippen LogP contribution >= 0.6 is 0 Å². The highest BCUT2D eigenvalue weighted by Gasteiger charge is 2.41. The van der Waals surface area contributed by atoms with Crippen LogP contribution in [0.1, 0.15) is 40.7 Å². The van der Waals surface area contributed by atoms with Crippen LogP contribution in [0, 0.1) is 19.3 Å². The molecule has 2 amide bonds. The highest BCUT2D eigenvalue weighted by Crippen LogP contribution is 2.37. The van der Waals surface area contributed by atoms with Gasteiger partial charge in [0.25, 0.3) is 5.91 Å². The molecular weight excluding hydrogens is 264 g/mol. The Morgan fingerprint density at radius 1 is 1.24 bits per heavy atom. The molecule has 0 aliphatic carbocycles. The number of aryl methyl sites for hydroxylation is 2. The fourth-order valence-corrected chi connectivity index (χ4v) is 3.51. The Hall–Kier alpha value is -1.84. The minimum Gasteiger partial charge on any atom is -0.356 e. The van der Waals surface area contributed by atoms with E-state index in [2.05, 4.69) is 11.4 Å². The van der Waals surface area contributed by atoms with E-state index in [0.29, 0.717) is 6.42 Å². The van der Waals surface area contributed by atoms with Crippen molar-refractivity contribution in [2.75, 3.05) is 19.6 Å². The number of rotatable bonds is 1. The SMILES string of the molecule is Cc1ccc(C(=O)N2CCC3(CC2)CNC(=O)C3)c(C)c1. The van der Waals surface area contributed by atoms with Gasteiger partial charge in [0.15, 0.2) is 0 Å². The van der Waals surface area contributed by atoms with E-state index >= 15 is 0 Å². The normalized spacial score (nSPS) is 20.7. The lowest BCUT2D eigenvalue weighted by atomic mass is 9.77. The summed E-state index contributed by atoms with van der Waals surface area (Å²) in [5.41, 5.74) is 3.11. The molecule has 1 N–H and O–H groups in total. The molecule has 2 aliphatic rings. The van der Waals surface area contributed by atoms with Crippen LogP contribution in [0.5, 0.6) is 0 Å². The van der Waals surface area contributed by atoms with E-state index in [-0.39, 0.29) is 17.2 Å². The molecular formula is C17H22N2O2. The molecule has 0 radical (unpaired) electrons. The third kappa shape index (κ3) is 2.67. The van der Waals surface area contributed by atoms with Gasteiger partial charge in [-0.3, -0.25) is 9.59 Å². The first-order chi connectivity index (χ1) is 9.99. The summed E-state index contributed by atoms with van der Waals surface area (Å²) in [6.45, 7) is 6.31. The topological polar surface area (TPSA) is 49.4 Å². The second-order valence-corrected chi connectivity index (χ2v) is 6.56. The summed E-state index contributed by atoms with van der Waals surface area (Å²) in [5.74, 6) is 0.281. The molecule has 21 heavy (non-hydrogen) atoms. The van der Waals surface area contributed by atoms with Crippen LogP contribution in [0.3, 0.4) is 0 Å². The summed E-state index contributed by atoms with van der Waals surface area (Å²) in [7, 11) is 0. The van der Waals surface area contributed by atoms with Crippen LogP contribution in [-0.4, -0.2) is 36.3 Å². The average molecular weight is 286 g/mol. The summed E-state index contributed by atoms with van der Waals surface area (Å²) in [6, 6.07) is 5.97. The molecule has 0 unspecified atom stereocenters. The number of hydrogen-bond donors (Lipinski definition) is 1. The first kappa shape index (κ1) is 14.1. The Morgan fingerprint density at radius 2 is 1.95 bits per heavy atom. The maximum absolute atomic E-state index is 12.6. The van der Waals surface area contributed by atoms with E-state index in [4.69, 9.17) is 0 Å². The molecule has 4 heteroatoms. The van der Waals surface area contributed by atoms with Crippen molar-refractivity contribution in [3.05, 3.63) is 34.9 Å². The van der Waals surface area contributed by atoms with E-state index in [1.165, 1.54) is 5.56 Å². The van der Waals surface area contributed by atoms with Crippen LogP contribution < -0.4 is 5.32 Å². The van der Waals surface area contributed by atoms with Crippen molar-refractivity contribution in [2.45, 2.75) is 33.1 Å². The summed E-state index contributed by atoms with van der Waals surface area (Å²) in [5, 5.41) is 2.93. The summed E-state index contributed by atoms with van der Waals surface area (Å²) < 4.78 is 0. The van der Waals surface area contributed by atoms with E-state index in [1.807, 2.05) is 30.9 Å². The zero-order valence-corrected chi connectivity index (χ0v) is 12.7. The molecule has 112 valence electrons. The Labute approximate surface area is 125 Å². The minimum absolute atomic E-state index is 0.0934. The summed E-state index contributed by atoms with van der Waals surface area (Å²) in [4.78, 5) is 26.0. The number of carbonyl (C=O) groups is 2. The van der Waals surface area contributed by atoms with Crippen LogP contribution in [0.2, 0.25) is 0 Å². The fourth-order valence-electron chi connectivity index (χ4n) is 3.51. The number of hydrogen-bond acceptors (Lipinski definition) is 2. The number of nitrogens with one attached hydrogen (secondary N) is 1. The van der Waals surface area contributed by atoms with Gasteiger partial charge in [-0.15, -0.1) is 0 Å². The fraction of sp³-hybridized carbons (Fsp3) is 0.529. The lowest BCUT2D eigenvalue weighted by Crippen LogP contribution is -2.44.